The number of benzene rings is 1. The Morgan fingerprint density at radius 2 is 2.11 bits per heavy atom. The van der Waals surface area contributed by atoms with E-state index in [0.29, 0.717) is 15.6 Å². The fourth-order valence-corrected chi connectivity index (χ4v) is 3.17. The molecule has 3 N–H and O–H groups in total. The van der Waals surface area contributed by atoms with Crippen molar-refractivity contribution in [3.63, 3.8) is 0 Å². The second-order valence-electron chi connectivity index (χ2n) is 5.06. The summed E-state index contributed by atoms with van der Waals surface area (Å²) in [6.07, 6.45) is 3.87. The Hall–Kier alpha value is -0.840. The highest BCUT2D eigenvalue weighted by Gasteiger charge is 2.27. The molecule has 0 saturated heterocycles. The summed E-state index contributed by atoms with van der Waals surface area (Å²) in [5.41, 5.74) is 7.27. The Labute approximate surface area is 124 Å². The molecular weight excluding hydrogens is 280 g/mol. The van der Waals surface area contributed by atoms with Gasteiger partial charge in [-0.1, -0.05) is 36.7 Å². The molecule has 5 heteroatoms. The van der Waals surface area contributed by atoms with Crippen molar-refractivity contribution in [3.8, 4) is 0 Å². The van der Waals surface area contributed by atoms with Crippen molar-refractivity contribution in [2.24, 2.45) is 5.73 Å². The van der Waals surface area contributed by atoms with Gasteiger partial charge in [-0.3, -0.25) is 0 Å². The highest BCUT2D eigenvalue weighted by Crippen LogP contribution is 2.29. The number of rotatable bonds is 3. The van der Waals surface area contributed by atoms with Crippen molar-refractivity contribution in [2.75, 3.05) is 11.9 Å². The predicted molar refractivity (Wildman–Crippen MR) is 84.0 cm³/mol. The second-order valence-corrected chi connectivity index (χ2v) is 5.91. The van der Waals surface area contributed by atoms with Crippen molar-refractivity contribution in [1.82, 2.24) is 0 Å². The number of aliphatic hydroxyl groups is 1. The average Bonchev–Trinajstić information content (AvgIpc) is 2.38. The number of aliphatic hydroxyl groups excluding tert-OH is 1. The number of likely N-dealkylation sites (N-methyl/N-ethyl adjacent to an activating group) is 1. The lowest BCUT2D eigenvalue weighted by atomic mass is 9.91. The van der Waals surface area contributed by atoms with Crippen LogP contribution in [0.1, 0.15) is 31.2 Å². The molecule has 19 heavy (non-hydrogen) atoms. The molecule has 1 saturated carbocycles. The van der Waals surface area contributed by atoms with Gasteiger partial charge in [0.05, 0.1) is 17.2 Å². The fourth-order valence-electron chi connectivity index (χ4n) is 2.66. The average molecular weight is 299 g/mol. The van der Waals surface area contributed by atoms with Gasteiger partial charge in [0.1, 0.15) is 4.99 Å². The highest BCUT2D eigenvalue weighted by molar-refractivity contribution is 7.80. The van der Waals surface area contributed by atoms with Crippen LogP contribution in [0.5, 0.6) is 0 Å². The van der Waals surface area contributed by atoms with Crippen LogP contribution in [0.2, 0.25) is 5.02 Å². The quantitative estimate of drug-likeness (QED) is 0.843. The normalized spacial score (nSPS) is 23.1. The summed E-state index contributed by atoms with van der Waals surface area (Å²) in [6.45, 7) is 0. The molecule has 2 atom stereocenters. The van der Waals surface area contributed by atoms with Crippen LogP contribution in [-0.4, -0.2) is 29.3 Å². The standard InChI is InChI=1S/C14H19ClN2OS/c1-17(12-4-2-3-5-13(12)18)9-6-7-10(14(16)19)11(15)8-9/h6-8,12-13,18H,2-5H2,1H3,(H2,16,19). The molecule has 0 aromatic heterocycles. The van der Waals surface area contributed by atoms with Crippen molar-refractivity contribution >= 4 is 34.5 Å². The lowest BCUT2D eigenvalue weighted by Crippen LogP contribution is -2.43. The zero-order valence-electron chi connectivity index (χ0n) is 11.0. The molecule has 1 aromatic rings. The van der Waals surface area contributed by atoms with E-state index in [4.69, 9.17) is 29.6 Å². The van der Waals surface area contributed by atoms with E-state index < -0.39 is 0 Å². The van der Waals surface area contributed by atoms with E-state index in [1.54, 1.807) is 0 Å². The van der Waals surface area contributed by atoms with Crippen LogP contribution < -0.4 is 10.6 Å². The highest BCUT2D eigenvalue weighted by atomic mass is 35.5. The second kappa shape index (κ2) is 6.07. The lowest BCUT2D eigenvalue weighted by Gasteiger charge is -2.36. The summed E-state index contributed by atoms with van der Waals surface area (Å²) in [5, 5.41) is 10.7. The van der Waals surface area contributed by atoms with Crippen molar-refractivity contribution < 1.29 is 5.11 Å². The van der Waals surface area contributed by atoms with E-state index >= 15 is 0 Å². The molecule has 0 radical (unpaired) electrons. The predicted octanol–water partition coefficient (Wildman–Crippen LogP) is 2.71. The van der Waals surface area contributed by atoms with Gasteiger partial charge >= 0.3 is 0 Å². The minimum absolute atomic E-state index is 0.153. The third kappa shape index (κ3) is 3.19. The van der Waals surface area contributed by atoms with E-state index in [1.165, 1.54) is 0 Å². The first-order valence-corrected chi connectivity index (χ1v) is 7.29. The first-order valence-electron chi connectivity index (χ1n) is 6.51. The van der Waals surface area contributed by atoms with Gasteiger partial charge in [0.25, 0.3) is 0 Å². The number of thiocarbonyl (C=S) groups is 1. The Morgan fingerprint density at radius 3 is 2.68 bits per heavy atom. The molecule has 0 heterocycles. The molecule has 0 aliphatic heterocycles. The van der Waals surface area contributed by atoms with Gasteiger partial charge in [-0.25, -0.2) is 0 Å². The Kier molecular flexibility index (Phi) is 4.66. The molecule has 104 valence electrons. The van der Waals surface area contributed by atoms with E-state index in [-0.39, 0.29) is 12.1 Å². The largest absolute Gasteiger partial charge is 0.391 e. The summed E-state index contributed by atoms with van der Waals surface area (Å²) < 4.78 is 0. The summed E-state index contributed by atoms with van der Waals surface area (Å²) in [7, 11) is 1.99. The maximum absolute atomic E-state index is 10.1. The molecule has 0 spiro atoms. The third-order valence-corrected chi connectivity index (χ3v) is 4.35. The van der Waals surface area contributed by atoms with E-state index in [2.05, 4.69) is 4.90 Å². The van der Waals surface area contributed by atoms with E-state index in [0.717, 1.165) is 31.4 Å². The van der Waals surface area contributed by atoms with Crippen molar-refractivity contribution in [1.29, 1.82) is 0 Å². The number of nitrogens with two attached hydrogens (primary N) is 1. The molecule has 1 aromatic carbocycles. The number of halogens is 1. The maximum atomic E-state index is 10.1. The Morgan fingerprint density at radius 1 is 1.42 bits per heavy atom. The maximum Gasteiger partial charge on any atom is 0.105 e. The molecule has 3 nitrogen and oxygen atoms in total. The van der Waals surface area contributed by atoms with Gasteiger partial charge in [-0.15, -0.1) is 0 Å². The Bertz CT molecular complexity index is 481. The van der Waals surface area contributed by atoms with E-state index in [1.807, 2.05) is 25.2 Å². The van der Waals surface area contributed by atoms with Crippen LogP contribution in [0.25, 0.3) is 0 Å². The number of hydrogen-bond acceptors (Lipinski definition) is 3. The topological polar surface area (TPSA) is 49.5 Å². The third-order valence-electron chi connectivity index (χ3n) is 3.82. The van der Waals surface area contributed by atoms with Crippen LogP contribution in [-0.2, 0) is 0 Å². The summed E-state index contributed by atoms with van der Waals surface area (Å²) in [5.74, 6) is 0. The lowest BCUT2D eigenvalue weighted by molar-refractivity contribution is 0.106. The minimum Gasteiger partial charge on any atom is -0.391 e. The van der Waals surface area contributed by atoms with E-state index in [9.17, 15) is 5.11 Å². The smallest absolute Gasteiger partial charge is 0.105 e. The zero-order valence-corrected chi connectivity index (χ0v) is 12.5. The fraction of sp³-hybridized carbons (Fsp3) is 0.500. The van der Waals surface area contributed by atoms with Crippen molar-refractivity contribution in [2.45, 2.75) is 37.8 Å². The number of hydrogen-bond donors (Lipinski definition) is 2. The van der Waals surface area contributed by atoms with Crippen LogP contribution >= 0.6 is 23.8 Å². The SMILES string of the molecule is CN(c1ccc(C(N)=S)c(Cl)c1)C1CCCCC1O. The van der Waals surface area contributed by atoms with Gasteiger partial charge in [-0.05, 0) is 31.0 Å². The van der Waals surface area contributed by atoms with Crippen molar-refractivity contribution in [3.05, 3.63) is 28.8 Å². The summed E-state index contributed by atoms with van der Waals surface area (Å²) in [6, 6.07) is 5.80. The summed E-state index contributed by atoms with van der Waals surface area (Å²) >= 11 is 11.1. The Balaban J connectivity index is 2.21. The molecule has 1 aliphatic carbocycles. The summed E-state index contributed by atoms with van der Waals surface area (Å²) in [4.78, 5) is 2.40. The molecule has 1 fully saturated rings. The van der Waals surface area contributed by atoms with Gasteiger partial charge in [-0.2, -0.15) is 0 Å². The van der Waals surface area contributed by atoms with Crippen LogP contribution in [0.3, 0.4) is 0 Å². The first kappa shape index (κ1) is 14.6. The van der Waals surface area contributed by atoms with Gasteiger partial charge in [0.15, 0.2) is 0 Å². The molecule has 1 aliphatic rings. The van der Waals surface area contributed by atoms with Gasteiger partial charge in [0.2, 0.25) is 0 Å². The molecule has 2 rings (SSSR count). The minimum atomic E-state index is -0.271. The van der Waals surface area contributed by atoms with Crippen LogP contribution in [0.4, 0.5) is 5.69 Å². The monoisotopic (exact) mass is 298 g/mol. The molecular formula is C14H19ClN2OS. The first-order chi connectivity index (χ1) is 9.00. The number of nitrogens with zero attached hydrogens (tertiary/aromatic N) is 1. The number of anilines is 1. The van der Waals surface area contributed by atoms with Gasteiger partial charge in [0, 0.05) is 18.3 Å². The van der Waals surface area contributed by atoms with Crippen LogP contribution in [0, 0.1) is 0 Å². The van der Waals surface area contributed by atoms with Gasteiger partial charge < -0.3 is 15.7 Å². The molecule has 0 amide bonds. The molecule has 0 bridgehead atoms. The zero-order chi connectivity index (χ0) is 14.0. The van der Waals surface area contributed by atoms with Crippen LogP contribution in [0.15, 0.2) is 18.2 Å². The molecule has 2 unspecified atom stereocenters.